The summed E-state index contributed by atoms with van der Waals surface area (Å²) in [5, 5.41) is 12.1. The van der Waals surface area contributed by atoms with E-state index in [1.807, 2.05) is 18.2 Å². The van der Waals surface area contributed by atoms with Crippen LogP contribution in [-0.4, -0.2) is 29.6 Å². The summed E-state index contributed by atoms with van der Waals surface area (Å²) < 4.78 is 5.66. The van der Waals surface area contributed by atoms with Gasteiger partial charge >= 0.3 is 0 Å². The van der Waals surface area contributed by atoms with E-state index >= 15 is 0 Å². The fourth-order valence-electron chi connectivity index (χ4n) is 2.34. The van der Waals surface area contributed by atoms with Crippen molar-refractivity contribution in [2.24, 2.45) is 0 Å². The minimum atomic E-state index is -0.656. The smallest absolute Gasteiger partial charge is 0.221 e. The Morgan fingerprint density at radius 1 is 1.45 bits per heavy atom. The molecule has 0 saturated carbocycles. The van der Waals surface area contributed by atoms with E-state index in [1.165, 1.54) is 11.1 Å². The molecule has 0 spiro atoms. The van der Waals surface area contributed by atoms with E-state index in [0.29, 0.717) is 25.2 Å². The van der Waals surface area contributed by atoms with Gasteiger partial charge in [-0.2, -0.15) is 17.0 Å². The maximum absolute atomic E-state index is 11.9. The largest absolute Gasteiger partial charge is 0.494 e. The molecule has 1 aliphatic heterocycles. The Hall–Kier alpha value is -1.67. The van der Waals surface area contributed by atoms with Gasteiger partial charge in [0.1, 0.15) is 11.3 Å². The number of nitrogens with zero attached hydrogens (tertiary/aromatic N) is 1. The minimum absolute atomic E-state index is 0.0623. The number of thioether (sulfide) groups is 1. The summed E-state index contributed by atoms with van der Waals surface area (Å²) in [5.74, 6) is 2.40. The number of aryl methyl sites for hydroxylation is 2. The molecule has 1 unspecified atom stereocenters. The van der Waals surface area contributed by atoms with Gasteiger partial charge in [0.15, 0.2) is 0 Å². The summed E-state index contributed by atoms with van der Waals surface area (Å²) in [6.07, 6.45) is 1.77. The Morgan fingerprint density at radius 3 is 2.91 bits per heavy atom. The van der Waals surface area contributed by atoms with Gasteiger partial charge in [-0.3, -0.25) is 4.79 Å². The summed E-state index contributed by atoms with van der Waals surface area (Å²) in [4.78, 5) is 11.9. The molecule has 1 N–H and O–H groups in total. The lowest BCUT2D eigenvalue weighted by molar-refractivity contribution is -0.122. The van der Waals surface area contributed by atoms with Crippen molar-refractivity contribution in [3.8, 4) is 11.8 Å². The third kappa shape index (κ3) is 4.41. The van der Waals surface area contributed by atoms with Crippen molar-refractivity contribution >= 4 is 17.7 Å². The van der Waals surface area contributed by atoms with Gasteiger partial charge in [0.05, 0.1) is 12.7 Å². The predicted octanol–water partition coefficient (Wildman–Crippen LogP) is 2.98. The van der Waals surface area contributed by atoms with Crippen molar-refractivity contribution in [1.82, 2.24) is 5.32 Å². The number of rotatable bonds is 6. The average molecular weight is 318 g/mol. The van der Waals surface area contributed by atoms with Crippen LogP contribution in [0.3, 0.4) is 0 Å². The lowest BCUT2D eigenvalue weighted by Gasteiger charge is -2.21. The van der Waals surface area contributed by atoms with E-state index in [9.17, 15) is 10.1 Å². The highest BCUT2D eigenvalue weighted by Crippen LogP contribution is 2.27. The van der Waals surface area contributed by atoms with Gasteiger partial charge in [-0.15, -0.1) is 0 Å². The first-order valence-corrected chi connectivity index (χ1v) is 8.70. The van der Waals surface area contributed by atoms with Crippen LogP contribution >= 0.6 is 11.8 Å². The SMILES string of the molecule is Cc1ccc(OCCCC(=O)NC2(C#N)CCSC2)cc1C. The molecule has 1 aliphatic rings. The zero-order valence-electron chi connectivity index (χ0n) is 13.1. The molecule has 0 radical (unpaired) electrons. The van der Waals surface area contributed by atoms with Crippen molar-refractivity contribution < 1.29 is 9.53 Å². The first-order valence-electron chi connectivity index (χ1n) is 7.55. The van der Waals surface area contributed by atoms with Gasteiger partial charge in [-0.05, 0) is 55.7 Å². The number of hydrogen-bond acceptors (Lipinski definition) is 4. The Balaban J connectivity index is 1.71. The lowest BCUT2D eigenvalue weighted by atomic mass is 10.0. The molecule has 0 bridgehead atoms. The second kappa shape index (κ2) is 7.55. The van der Waals surface area contributed by atoms with Gasteiger partial charge in [0.25, 0.3) is 0 Å². The van der Waals surface area contributed by atoms with Crippen LogP contribution in [0.1, 0.15) is 30.4 Å². The van der Waals surface area contributed by atoms with Crippen LogP contribution in [-0.2, 0) is 4.79 Å². The topological polar surface area (TPSA) is 62.1 Å². The Labute approximate surface area is 136 Å². The fourth-order valence-corrected chi connectivity index (χ4v) is 3.60. The van der Waals surface area contributed by atoms with Crippen LogP contribution in [0.25, 0.3) is 0 Å². The highest BCUT2D eigenvalue weighted by Gasteiger charge is 2.35. The minimum Gasteiger partial charge on any atom is -0.494 e. The molecular weight excluding hydrogens is 296 g/mol. The van der Waals surface area contributed by atoms with Crippen molar-refractivity contribution in [3.63, 3.8) is 0 Å². The molecule has 0 aromatic heterocycles. The molecule has 4 nitrogen and oxygen atoms in total. The Morgan fingerprint density at radius 2 is 2.27 bits per heavy atom. The normalized spacial score (nSPS) is 20.4. The molecule has 1 saturated heterocycles. The maximum Gasteiger partial charge on any atom is 0.221 e. The summed E-state index contributed by atoms with van der Waals surface area (Å²) in [7, 11) is 0. The lowest BCUT2D eigenvalue weighted by Crippen LogP contribution is -2.47. The van der Waals surface area contributed by atoms with Crippen molar-refractivity contribution in [3.05, 3.63) is 29.3 Å². The monoisotopic (exact) mass is 318 g/mol. The molecule has 5 heteroatoms. The zero-order valence-corrected chi connectivity index (χ0v) is 14.0. The van der Waals surface area contributed by atoms with E-state index in [4.69, 9.17) is 4.74 Å². The highest BCUT2D eigenvalue weighted by atomic mass is 32.2. The van der Waals surface area contributed by atoms with Crippen LogP contribution in [0, 0.1) is 25.2 Å². The fraction of sp³-hybridized carbons (Fsp3) is 0.529. The van der Waals surface area contributed by atoms with Crippen molar-refractivity contribution in [2.45, 2.75) is 38.6 Å². The van der Waals surface area contributed by atoms with E-state index in [0.717, 1.165) is 17.9 Å². The molecule has 118 valence electrons. The standard InChI is InChI=1S/C17H22N2O2S/c1-13-5-6-15(10-14(13)2)21-8-3-4-16(20)19-17(11-18)7-9-22-12-17/h5-6,10H,3-4,7-9,12H2,1-2H3,(H,19,20). The zero-order chi connectivity index (χ0) is 16.0. The average Bonchev–Trinajstić information content (AvgIpc) is 2.96. The molecule has 1 fully saturated rings. The van der Waals surface area contributed by atoms with Gasteiger partial charge in [0.2, 0.25) is 5.91 Å². The molecule has 1 atom stereocenters. The van der Waals surface area contributed by atoms with Crippen LogP contribution in [0.2, 0.25) is 0 Å². The van der Waals surface area contributed by atoms with E-state index in [1.54, 1.807) is 11.8 Å². The molecule has 22 heavy (non-hydrogen) atoms. The molecule has 1 heterocycles. The number of amides is 1. The van der Waals surface area contributed by atoms with Gasteiger partial charge in [0, 0.05) is 12.2 Å². The van der Waals surface area contributed by atoms with Gasteiger partial charge in [-0.1, -0.05) is 6.07 Å². The van der Waals surface area contributed by atoms with E-state index in [-0.39, 0.29) is 5.91 Å². The van der Waals surface area contributed by atoms with Crippen LogP contribution in [0.5, 0.6) is 5.75 Å². The number of ether oxygens (including phenoxy) is 1. The number of nitrogens with one attached hydrogen (secondary N) is 1. The van der Waals surface area contributed by atoms with Crippen LogP contribution in [0.15, 0.2) is 18.2 Å². The third-order valence-corrected chi connectivity index (χ3v) is 5.10. The number of nitriles is 1. The first kappa shape index (κ1) is 16.7. The number of hydrogen-bond donors (Lipinski definition) is 1. The second-order valence-corrected chi connectivity index (χ2v) is 6.85. The summed E-state index contributed by atoms with van der Waals surface area (Å²) in [6, 6.07) is 8.24. The van der Waals surface area contributed by atoms with Crippen molar-refractivity contribution in [2.75, 3.05) is 18.1 Å². The Bertz CT molecular complexity index is 575. The van der Waals surface area contributed by atoms with Crippen molar-refractivity contribution in [1.29, 1.82) is 5.26 Å². The summed E-state index contributed by atoms with van der Waals surface area (Å²) in [6.45, 7) is 4.62. The predicted molar refractivity (Wildman–Crippen MR) is 89.1 cm³/mol. The molecule has 2 rings (SSSR count). The molecular formula is C17H22N2O2S. The molecule has 1 aromatic rings. The van der Waals surface area contributed by atoms with E-state index in [2.05, 4.69) is 25.2 Å². The Kier molecular flexibility index (Phi) is 5.73. The third-order valence-electron chi connectivity index (χ3n) is 3.91. The summed E-state index contributed by atoms with van der Waals surface area (Å²) in [5.41, 5.74) is 1.78. The number of carbonyl (C=O) groups is 1. The van der Waals surface area contributed by atoms with E-state index < -0.39 is 5.54 Å². The number of benzene rings is 1. The summed E-state index contributed by atoms with van der Waals surface area (Å²) >= 11 is 1.71. The van der Waals surface area contributed by atoms with Gasteiger partial charge in [-0.25, -0.2) is 0 Å². The quantitative estimate of drug-likeness (QED) is 0.819. The van der Waals surface area contributed by atoms with Crippen LogP contribution in [0.4, 0.5) is 0 Å². The highest BCUT2D eigenvalue weighted by molar-refractivity contribution is 7.99. The molecule has 0 aliphatic carbocycles. The second-order valence-electron chi connectivity index (χ2n) is 5.74. The molecule has 1 amide bonds. The maximum atomic E-state index is 11.9. The number of carbonyl (C=O) groups excluding carboxylic acids is 1. The first-order chi connectivity index (χ1) is 10.5. The van der Waals surface area contributed by atoms with Gasteiger partial charge < -0.3 is 10.1 Å². The molecule has 1 aromatic carbocycles. The van der Waals surface area contributed by atoms with Crippen LogP contribution < -0.4 is 10.1 Å².